The van der Waals surface area contributed by atoms with Crippen molar-refractivity contribution in [2.24, 2.45) is 5.73 Å². The van der Waals surface area contributed by atoms with E-state index in [2.05, 4.69) is 5.32 Å². The molecule has 36 heavy (non-hydrogen) atoms. The smallest absolute Gasteiger partial charge is 0.341 e. The van der Waals surface area contributed by atoms with Gasteiger partial charge in [-0.25, -0.2) is 18.0 Å². The lowest BCUT2D eigenvalue weighted by Crippen LogP contribution is -2.46. The molecular formula is C23H25ClF3N3O5S. The highest BCUT2D eigenvalue weighted by Crippen LogP contribution is 2.25. The van der Waals surface area contributed by atoms with Crippen LogP contribution in [0, 0.1) is 17.5 Å². The van der Waals surface area contributed by atoms with Gasteiger partial charge in [0.1, 0.15) is 11.6 Å². The fourth-order valence-electron chi connectivity index (χ4n) is 3.48. The second-order valence-corrected chi connectivity index (χ2v) is 9.07. The Morgan fingerprint density at radius 1 is 1.14 bits per heavy atom. The molecule has 2 aromatic rings. The Balaban J connectivity index is 0.00000456. The number of carboxylic acid groups (broad SMARTS) is 1. The second kappa shape index (κ2) is 13.4. The molecule has 0 radical (unpaired) electrons. The number of halogens is 4. The predicted molar refractivity (Wildman–Crippen MR) is 129 cm³/mol. The summed E-state index contributed by atoms with van der Waals surface area (Å²) in [5.74, 6) is -4.37. The third-order valence-electron chi connectivity index (χ3n) is 5.20. The normalized spacial score (nSPS) is 15.7. The number of rotatable bonds is 10. The van der Waals surface area contributed by atoms with E-state index in [-0.39, 0.29) is 43.3 Å². The van der Waals surface area contributed by atoms with Gasteiger partial charge >= 0.3 is 5.97 Å². The Morgan fingerprint density at radius 2 is 1.81 bits per heavy atom. The van der Waals surface area contributed by atoms with Crippen molar-refractivity contribution in [3.05, 3.63) is 65.0 Å². The van der Waals surface area contributed by atoms with Gasteiger partial charge in [0.25, 0.3) is 5.91 Å². The monoisotopic (exact) mass is 547 g/mol. The highest BCUT2D eigenvalue weighted by molar-refractivity contribution is 8.00. The molecule has 1 saturated heterocycles. The Hall–Kier alpha value is -2.96. The summed E-state index contributed by atoms with van der Waals surface area (Å²) in [6.07, 6.45) is -0.362. The maximum Gasteiger partial charge on any atom is 0.341 e. The van der Waals surface area contributed by atoms with Crippen molar-refractivity contribution in [1.82, 2.24) is 10.2 Å². The van der Waals surface area contributed by atoms with Crippen LogP contribution in [0.1, 0.15) is 17.5 Å². The molecule has 1 fully saturated rings. The topological polar surface area (TPSA) is 122 Å². The van der Waals surface area contributed by atoms with Gasteiger partial charge in [-0.3, -0.25) is 9.59 Å². The molecule has 0 bridgehead atoms. The molecule has 0 aliphatic carbocycles. The number of benzene rings is 2. The van der Waals surface area contributed by atoms with Crippen molar-refractivity contribution in [3.63, 3.8) is 0 Å². The van der Waals surface area contributed by atoms with Gasteiger partial charge in [0.2, 0.25) is 5.91 Å². The van der Waals surface area contributed by atoms with Crippen LogP contribution in [0.4, 0.5) is 13.2 Å². The summed E-state index contributed by atoms with van der Waals surface area (Å²) < 4.78 is 45.4. The van der Waals surface area contributed by atoms with Gasteiger partial charge in [0, 0.05) is 37.4 Å². The van der Waals surface area contributed by atoms with Gasteiger partial charge in [-0.1, -0.05) is 12.1 Å². The molecule has 2 aromatic carbocycles. The van der Waals surface area contributed by atoms with Gasteiger partial charge in [-0.2, -0.15) is 0 Å². The lowest BCUT2D eigenvalue weighted by molar-refractivity contribution is -0.139. The molecule has 0 saturated carbocycles. The number of nitrogens with one attached hydrogen (secondary N) is 1. The minimum atomic E-state index is -1.30. The molecule has 1 aliphatic heterocycles. The van der Waals surface area contributed by atoms with Gasteiger partial charge in [-0.15, -0.1) is 24.2 Å². The largest absolute Gasteiger partial charge is 0.482 e. The summed E-state index contributed by atoms with van der Waals surface area (Å²) in [5, 5.41) is 10.6. The van der Waals surface area contributed by atoms with Crippen molar-refractivity contribution in [1.29, 1.82) is 0 Å². The minimum absolute atomic E-state index is 0. The predicted octanol–water partition coefficient (Wildman–Crippen LogP) is 2.47. The lowest BCUT2D eigenvalue weighted by Gasteiger charge is -2.24. The zero-order valence-corrected chi connectivity index (χ0v) is 20.5. The number of carbonyl (C=O) groups is 3. The van der Waals surface area contributed by atoms with Crippen molar-refractivity contribution in [2.45, 2.75) is 30.8 Å². The van der Waals surface area contributed by atoms with Crippen LogP contribution in [0.2, 0.25) is 0 Å². The Bertz CT molecular complexity index is 1090. The third kappa shape index (κ3) is 8.04. The van der Waals surface area contributed by atoms with E-state index in [1.807, 2.05) is 0 Å². The van der Waals surface area contributed by atoms with E-state index in [4.69, 9.17) is 15.6 Å². The number of thioether (sulfide) groups is 1. The van der Waals surface area contributed by atoms with Crippen LogP contribution in [-0.4, -0.2) is 58.1 Å². The highest BCUT2D eigenvalue weighted by Gasteiger charge is 2.35. The number of hydrogen-bond donors (Lipinski definition) is 3. The van der Waals surface area contributed by atoms with Crippen molar-refractivity contribution < 1.29 is 37.4 Å². The summed E-state index contributed by atoms with van der Waals surface area (Å²) in [6.45, 7) is 0.0632. The summed E-state index contributed by atoms with van der Waals surface area (Å²) in [4.78, 5) is 37.4. The number of carboxylic acids is 1. The first-order valence-electron chi connectivity index (χ1n) is 10.7. The fourth-order valence-corrected chi connectivity index (χ4v) is 4.65. The first kappa shape index (κ1) is 29.3. The van der Waals surface area contributed by atoms with E-state index in [1.165, 1.54) is 16.7 Å². The molecule has 196 valence electrons. The summed E-state index contributed by atoms with van der Waals surface area (Å²) in [7, 11) is 0. The molecule has 1 aliphatic rings. The molecular weight excluding hydrogens is 523 g/mol. The SMILES string of the molecule is Cl.N[C@@H](CC(=O)N1CCSC1C(=O)NCc1ccc(OCC(=O)O)cc1)Cc1cc(F)c(F)cc1F. The number of aliphatic carboxylic acids is 1. The van der Waals surface area contributed by atoms with Crippen LogP contribution < -0.4 is 15.8 Å². The first-order chi connectivity index (χ1) is 16.6. The van der Waals surface area contributed by atoms with Crippen molar-refractivity contribution >= 4 is 42.0 Å². The summed E-state index contributed by atoms with van der Waals surface area (Å²) >= 11 is 1.30. The number of nitrogens with two attached hydrogens (primary N) is 1. The number of carbonyl (C=O) groups excluding carboxylic acids is 2. The molecule has 0 aromatic heterocycles. The van der Waals surface area contributed by atoms with Crippen LogP contribution in [0.3, 0.4) is 0 Å². The van der Waals surface area contributed by atoms with Crippen LogP contribution in [-0.2, 0) is 27.3 Å². The van der Waals surface area contributed by atoms with E-state index >= 15 is 0 Å². The quantitative estimate of drug-likeness (QED) is 0.391. The fraction of sp³-hybridized carbons (Fsp3) is 0.348. The van der Waals surface area contributed by atoms with E-state index in [0.29, 0.717) is 24.1 Å². The standard InChI is InChI=1S/C23H24F3N3O5S.ClH/c24-17-10-19(26)18(25)8-14(17)7-15(27)9-20(30)29-5-6-35-23(29)22(33)28-11-13-1-3-16(4-2-13)34-12-21(31)32;/h1-4,8,10,15,23H,5-7,9,11-12,27H2,(H,28,33)(H,31,32);1H/t15-,23?;/m1./s1. The van der Waals surface area contributed by atoms with E-state index in [1.54, 1.807) is 24.3 Å². The Kier molecular flexibility index (Phi) is 10.9. The zero-order valence-electron chi connectivity index (χ0n) is 18.9. The molecule has 1 unspecified atom stereocenters. The molecule has 4 N–H and O–H groups in total. The molecule has 2 amide bonds. The maximum atomic E-state index is 13.9. The molecule has 8 nitrogen and oxygen atoms in total. The van der Waals surface area contributed by atoms with Crippen molar-refractivity contribution in [2.75, 3.05) is 18.9 Å². The molecule has 1 heterocycles. The Morgan fingerprint density at radius 3 is 2.47 bits per heavy atom. The molecule has 0 spiro atoms. The highest BCUT2D eigenvalue weighted by atomic mass is 35.5. The second-order valence-electron chi connectivity index (χ2n) is 7.88. The number of nitrogens with zero attached hydrogens (tertiary/aromatic N) is 1. The van der Waals surface area contributed by atoms with Gasteiger partial charge in [0.05, 0.1) is 0 Å². The first-order valence-corrected chi connectivity index (χ1v) is 11.7. The average Bonchev–Trinajstić information content (AvgIpc) is 3.30. The maximum absolute atomic E-state index is 13.9. The van der Waals surface area contributed by atoms with E-state index in [0.717, 1.165) is 11.6 Å². The van der Waals surface area contributed by atoms with Gasteiger partial charge in [-0.05, 0) is 35.7 Å². The summed E-state index contributed by atoms with van der Waals surface area (Å²) in [6, 6.07) is 6.84. The minimum Gasteiger partial charge on any atom is -0.482 e. The number of amides is 2. The summed E-state index contributed by atoms with van der Waals surface area (Å²) in [5.41, 5.74) is 6.57. The molecule has 13 heteroatoms. The van der Waals surface area contributed by atoms with Crippen molar-refractivity contribution in [3.8, 4) is 5.75 Å². The number of ether oxygens (including phenoxy) is 1. The van der Waals surface area contributed by atoms with Crippen LogP contribution in [0.5, 0.6) is 5.75 Å². The van der Waals surface area contributed by atoms with Gasteiger partial charge in [0.15, 0.2) is 23.6 Å². The van der Waals surface area contributed by atoms with Crippen LogP contribution in [0.15, 0.2) is 36.4 Å². The van der Waals surface area contributed by atoms with E-state index in [9.17, 15) is 27.6 Å². The third-order valence-corrected chi connectivity index (χ3v) is 6.40. The zero-order chi connectivity index (χ0) is 25.5. The Labute approximate surface area is 215 Å². The van der Waals surface area contributed by atoms with Gasteiger partial charge < -0.3 is 25.8 Å². The van der Waals surface area contributed by atoms with Crippen LogP contribution >= 0.6 is 24.2 Å². The molecule has 3 rings (SSSR count). The lowest BCUT2D eigenvalue weighted by atomic mass is 10.0. The van der Waals surface area contributed by atoms with Crippen LogP contribution in [0.25, 0.3) is 0 Å². The molecule has 2 atom stereocenters. The average molecular weight is 548 g/mol. The van der Waals surface area contributed by atoms with E-state index < -0.39 is 47.4 Å². The number of hydrogen-bond acceptors (Lipinski definition) is 6.